The number of hydrogen-bond acceptors (Lipinski definition) is 9. The maximum absolute atomic E-state index is 12.6. The summed E-state index contributed by atoms with van der Waals surface area (Å²) in [6.45, 7) is 6.72. The molecule has 0 N–H and O–H groups in total. The average molecular weight is 553 g/mol. The van der Waals surface area contributed by atoms with Crippen LogP contribution in [0.2, 0.25) is 0 Å². The number of carbonyl (C=O) groups excluding carboxylic acids is 4. The van der Waals surface area contributed by atoms with Crippen LogP contribution in [0.3, 0.4) is 0 Å². The highest BCUT2D eigenvalue weighted by molar-refractivity contribution is 7.92. The van der Waals surface area contributed by atoms with Crippen LogP contribution in [0.4, 0.5) is 4.79 Å². The molecule has 1 saturated heterocycles. The van der Waals surface area contributed by atoms with E-state index in [4.69, 9.17) is 9.47 Å². The summed E-state index contributed by atoms with van der Waals surface area (Å²) < 4.78 is 37.2. The van der Waals surface area contributed by atoms with E-state index in [1.165, 1.54) is 16.9 Å². The van der Waals surface area contributed by atoms with Gasteiger partial charge in [-0.05, 0) is 25.1 Å². The number of amides is 3. The molecule has 1 aromatic heterocycles. The maximum Gasteiger partial charge on any atom is 0.409 e. The van der Waals surface area contributed by atoms with E-state index in [1.54, 1.807) is 35.8 Å². The van der Waals surface area contributed by atoms with E-state index in [9.17, 15) is 27.6 Å². The number of hydrogen-bond donors (Lipinski definition) is 0. The van der Waals surface area contributed by atoms with Crippen molar-refractivity contribution in [2.75, 3.05) is 51.4 Å². The Hall–Kier alpha value is -3.52. The molecule has 12 nitrogen and oxygen atoms in total. The molecule has 2 aromatic rings. The van der Waals surface area contributed by atoms with E-state index < -0.39 is 45.2 Å². The molecule has 0 aliphatic carbocycles. The number of fused-ring (bicyclic) bond motifs is 1. The van der Waals surface area contributed by atoms with E-state index in [2.05, 4.69) is 11.6 Å². The van der Waals surface area contributed by atoms with Gasteiger partial charge in [0, 0.05) is 32.7 Å². The van der Waals surface area contributed by atoms with Gasteiger partial charge in [-0.1, -0.05) is 17.4 Å². The molecule has 2 heterocycles. The lowest BCUT2D eigenvalue weighted by molar-refractivity contribution is -0.130. The van der Waals surface area contributed by atoms with Crippen molar-refractivity contribution in [3.63, 3.8) is 0 Å². The number of piperazine rings is 1. The van der Waals surface area contributed by atoms with Crippen LogP contribution in [0.5, 0.6) is 0 Å². The van der Waals surface area contributed by atoms with Crippen molar-refractivity contribution in [2.24, 2.45) is 4.99 Å². The fraction of sp³-hybridized carbons (Fsp3) is 0.435. The van der Waals surface area contributed by atoms with Gasteiger partial charge in [0.2, 0.25) is 5.91 Å². The van der Waals surface area contributed by atoms with Crippen LogP contribution in [0.1, 0.15) is 17.3 Å². The fourth-order valence-corrected chi connectivity index (χ4v) is 5.92. The SMILES string of the molecule is C=CCn1c(=NC(=O)CS(=O)(=O)CC(=O)N2CCN(C(=O)OCC)CC2)sc2cc(C(=O)OC)ccc21. The summed E-state index contributed by atoms with van der Waals surface area (Å²) in [7, 11) is -2.82. The normalized spacial score (nSPS) is 14.5. The van der Waals surface area contributed by atoms with E-state index in [1.807, 2.05) is 0 Å². The molecule has 3 amide bonds. The zero-order valence-corrected chi connectivity index (χ0v) is 22.2. The lowest BCUT2D eigenvalue weighted by Gasteiger charge is -2.34. The second kappa shape index (κ2) is 12.1. The molecule has 0 unspecified atom stereocenters. The minimum atomic E-state index is -4.09. The van der Waals surface area contributed by atoms with E-state index >= 15 is 0 Å². The van der Waals surface area contributed by atoms with Crippen molar-refractivity contribution < 1.29 is 37.1 Å². The number of carbonyl (C=O) groups is 4. The van der Waals surface area contributed by atoms with Crippen molar-refractivity contribution in [3.05, 3.63) is 41.2 Å². The number of aromatic nitrogens is 1. The summed E-state index contributed by atoms with van der Waals surface area (Å²) in [5.74, 6) is -3.85. The first-order chi connectivity index (χ1) is 17.6. The molecule has 1 aromatic carbocycles. The van der Waals surface area contributed by atoms with Gasteiger partial charge >= 0.3 is 12.1 Å². The number of allylic oxidation sites excluding steroid dienone is 1. The van der Waals surface area contributed by atoms with Crippen LogP contribution in [0.25, 0.3) is 10.2 Å². The van der Waals surface area contributed by atoms with Crippen molar-refractivity contribution in [1.29, 1.82) is 0 Å². The molecule has 0 saturated carbocycles. The highest BCUT2D eigenvalue weighted by Gasteiger charge is 2.28. The van der Waals surface area contributed by atoms with Crippen LogP contribution >= 0.6 is 11.3 Å². The lowest BCUT2D eigenvalue weighted by Crippen LogP contribution is -2.52. The molecule has 0 atom stereocenters. The van der Waals surface area contributed by atoms with Crippen LogP contribution in [0, 0.1) is 0 Å². The molecule has 0 spiro atoms. The first kappa shape index (κ1) is 28.1. The molecule has 14 heteroatoms. The average Bonchev–Trinajstić information content (AvgIpc) is 3.19. The topological polar surface area (TPSA) is 145 Å². The Labute approximate surface area is 217 Å². The smallest absolute Gasteiger partial charge is 0.409 e. The van der Waals surface area contributed by atoms with Gasteiger partial charge in [0.1, 0.15) is 11.5 Å². The molecule has 1 aliphatic rings. The number of sulfone groups is 1. The van der Waals surface area contributed by atoms with Crippen LogP contribution in [0.15, 0.2) is 35.8 Å². The van der Waals surface area contributed by atoms with E-state index in [-0.39, 0.29) is 37.6 Å². The minimum absolute atomic E-state index is 0.169. The van der Waals surface area contributed by atoms with Crippen molar-refractivity contribution in [3.8, 4) is 0 Å². The van der Waals surface area contributed by atoms with Crippen molar-refractivity contribution >= 4 is 55.3 Å². The predicted molar refractivity (Wildman–Crippen MR) is 136 cm³/mol. The quantitative estimate of drug-likeness (QED) is 0.346. The lowest BCUT2D eigenvalue weighted by atomic mass is 10.2. The number of methoxy groups -OCH3 is 1. The molecule has 37 heavy (non-hydrogen) atoms. The Kier molecular flexibility index (Phi) is 9.21. The molecule has 0 radical (unpaired) electrons. The third-order valence-electron chi connectivity index (χ3n) is 5.48. The Balaban J connectivity index is 1.71. The Morgan fingerprint density at radius 3 is 2.41 bits per heavy atom. The highest BCUT2D eigenvalue weighted by Crippen LogP contribution is 2.20. The van der Waals surface area contributed by atoms with Gasteiger partial charge in [-0.3, -0.25) is 9.59 Å². The summed E-state index contributed by atoms with van der Waals surface area (Å²) in [6.07, 6.45) is 1.12. The molecule has 0 bridgehead atoms. The maximum atomic E-state index is 12.6. The number of rotatable bonds is 8. The van der Waals surface area contributed by atoms with Gasteiger partial charge in [0.15, 0.2) is 14.6 Å². The zero-order valence-electron chi connectivity index (χ0n) is 20.5. The minimum Gasteiger partial charge on any atom is -0.465 e. The van der Waals surface area contributed by atoms with Crippen molar-refractivity contribution in [2.45, 2.75) is 13.5 Å². The Morgan fingerprint density at radius 2 is 1.78 bits per heavy atom. The first-order valence-electron chi connectivity index (χ1n) is 11.4. The molecule has 1 aliphatic heterocycles. The number of nitrogens with zero attached hydrogens (tertiary/aromatic N) is 4. The summed E-state index contributed by atoms with van der Waals surface area (Å²) in [5.41, 5.74) is 1.01. The van der Waals surface area contributed by atoms with E-state index in [0.717, 1.165) is 11.3 Å². The first-order valence-corrected chi connectivity index (χ1v) is 14.0. The number of esters is 1. The van der Waals surface area contributed by atoms with Crippen LogP contribution in [-0.4, -0.2) is 98.1 Å². The number of benzene rings is 1. The monoisotopic (exact) mass is 552 g/mol. The highest BCUT2D eigenvalue weighted by atomic mass is 32.2. The summed E-state index contributed by atoms with van der Waals surface area (Å²) in [5, 5.41) is 0. The van der Waals surface area contributed by atoms with Gasteiger partial charge < -0.3 is 23.8 Å². The second-order valence-corrected chi connectivity index (χ2v) is 11.1. The van der Waals surface area contributed by atoms with Gasteiger partial charge in [-0.2, -0.15) is 4.99 Å². The third-order valence-corrected chi connectivity index (χ3v) is 7.90. The van der Waals surface area contributed by atoms with Gasteiger partial charge in [-0.25, -0.2) is 18.0 Å². The second-order valence-electron chi connectivity index (χ2n) is 8.06. The predicted octanol–water partition coefficient (Wildman–Crippen LogP) is 0.818. The summed E-state index contributed by atoms with van der Waals surface area (Å²) in [4.78, 5) is 55.8. The largest absolute Gasteiger partial charge is 0.465 e. The Morgan fingerprint density at radius 1 is 1.11 bits per heavy atom. The van der Waals surface area contributed by atoms with Gasteiger partial charge in [0.05, 0.1) is 29.5 Å². The van der Waals surface area contributed by atoms with Gasteiger partial charge in [-0.15, -0.1) is 6.58 Å². The number of ether oxygens (including phenoxy) is 2. The zero-order chi connectivity index (χ0) is 27.2. The Bertz CT molecular complexity index is 1390. The standard InChI is InChI=1S/C23H28N4O8S2/c1-4-8-27-17-7-6-16(21(30)34-3)13-18(17)36-22(27)24-19(28)14-37(32,33)15-20(29)25-9-11-26(12-10-25)23(31)35-5-2/h4,6-7,13H,1,5,8-12,14-15H2,2-3H3. The van der Waals surface area contributed by atoms with Crippen LogP contribution in [-0.2, 0) is 35.4 Å². The van der Waals surface area contributed by atoms with E-state index in [0.29, 0.717) is 22.3 Å². The molecule has 1 fully saturated rings. The summed E-state index contributed by atoms with van der Waals surface area (Å²) >= 11 is 1.11. The van der Waals surface area contributed by atoms with Crippen molar-refractivity contribution in [1.82, 2.24) is 14.4 Å². The molecule has 200 valence electrons. The molecule has 3 rings (SSSR count). The number of thiazole rings is 1. The van der Waals surface area contributed by atoms with Gasteiger partial charge in [0.25, 0.3) is 5.91 Å². The van der Waals surface area contributed by atoms with Crippen LogP contribution < -0.4 is 4.80 Å². The fourth-order valence-electron chi connectivity index (χ4n) is 3.72. The summed E-state index contributed by atoms with van der Waals surface area (Å²) in [6, 6.07) is 4.86. The third kappa shape index (κ3) is 7.04. The molecular formula is C23H28N4O8S2. The molecular weight excluding hydrogens is 524 g/mol.